The standard InChI is InChI=1S/C15H17N3O/c1-3-4-15(19)17-8-12(9-17)18-10-16-13-7-11(2)5-6-14(13)18/h3-7,10,12H,8-9H2,1-2H3. The number of rotatable bonds is 2. The van der Waals surface area contributed by atoms with Crippen LogP contribution in [-0.2, 0) is 4.79 Å². The van der Waals surface area contributed by atoms with E-state index in [1.165, 1.54) is 5.56 Å². The minimum atomic E-state index is 0.0963. The molecule has 1 aliphatic rings. The Balaban J connectivity index is 1.79. The van der Waals surface area contributed by atoms with E-state index in [4.69, 9.17) is 0 Å². The van der Waals surface area contributed by atoms with E-state index in [9.17, 15) is 4.79 Å². The van der Waals surface area contributed by atoms with Gasteiger partial charge in [0.2, 0.25) is 5.91 Å². The number of hydrogen-bond acceptors (Lipinski definition) is 2. The molecule has 1 saturated heterocycles. The quantitative estimate of drug-likeness (QED) is 0.772. The minimum absolute atomic E-state index is 0.0963. The number of carbonyl (C=O) groups excluding carboxylic acids is 1. The number of amides is 1. The van der Waals surface area contributed by atoms with Crippen LogP contribution in [0, 0.1) is 6.92 Å². The van der Waals surface area contributed by atoms with Crippen molar-refractivity contribution in [3.8, 4) is 0 Å². The van der Waals surface area contributed by atoms with Crippen molar-refractivity contribution in [2.45, 2.75) is 19.9 Å². The summed E-state index contributed by atoms with van der Waals surface area (Å²) in [7, 11) is 0. The molecule has 0 N–H and O–H groups in total. The highest BCUT2D eigenvalue weighted by Gasteiger charge is 2.31. The third-order valence-corrected chi connectivity index (χ3v) is 3.61. The maximum Gasteiger partial charge on any atom is 0.246 e. The van der Waals surface area contributed by atoms with Crippen LogP contribution in [0.1, 0.15) is 18.5 Å². The summed E-state index contributed by atoms with van der Waals surface area (Å²) in [5.74, 6) is 0.0963. The summed E-state index contributed by atoms with van der Waals surface area (Å²) in [5, 5.41) is 0. The van der Waals surface area contributed by atoms with Crippen LogP contribution in [0.4, 0.5) is 0 Å². The molecule has 1 aromatic carbocycles. The molecule has 2 heterocycles. The Morgan fingerprint density at radius 3 is 2.95 bits per heavy atom. The first-order valence-corrected chi connectivity index (χ1v) is 6.54. The molecule has 98 valence electrons. The van der Waals surface area contributed by atoms with Crippen molar-refractivity contribution in [2.24, 2.45) is 0 Å². The van der Waals surface area contributed by atoms with E-state index in [0.717, 1.165) is 24.1 Å². The fraction of sp³-hybridized carbons (Fsp3) is 0.333. The predicted molar refractivity (Wildman–Crippen MR) is 74.9 cm³/mol. The molecule has 1 aliphatic heterocycles. The van der Waals surface area contributed by atoms with Gasteiger partial charge in [0.1, 0.15) is 0 Å². The van der Waals surface area contributed by atoms with Gasteiger partial charge >= 0.3 is 0 Å². The van der Waals surface area contributed by atoms with Gasteiger partial charge in [0.25, 0.3) is 0 Å². The first-order valence-electron chi connectivity index (χ1n) is 6.54. The Hall–Kier alpha value is -2.10. The molecule has 19 heavy (non-hydrogen) atoms. The predicted octanol–water partition coefficient (Wildman–Crippen LogP) is 2.30. The maximum absolute atomic E-state index is 11.7. The van der Waals surface area contributed by atoms with Gasteiger partial charge in [0.05, 0.1) is 23.4 Å². The van der Waals surface area contributed by atoms with Crippen LogP contribution in [0.3, 0.4) is 0 Å². The molecule has 1 aromatic heterocycles. The van der Waals surface area contributed by atoms with Gasteiger partial charge in [-0.3, -0.25) is 4.79 Å². The zero-order chi connectivity index (χ0) is 13.4. The van der Waals surface area contributed by atoms with Gasteiger partial charge in [0.15, 0.2) is 0 Å². The summed E-state index contributed by atoms with van der Waals surface area (Å²) in [5.41, 5.74) is 3.39. The lowest BCUT2D eigenvalue weighted by molar-refractivity contribution is -0.131. The van der Waals surface area contributed by atoms with E-state index < -0.39 is 0 Å². The second-order valence-corrected chi connectivity index (χ2v) is 5.04. The van der Waals surface area contributed by atoms with Gasteiger partial charge in [-0.15, -0.1) is 0 Å². The topological polar surface area (TPSA) is 38.1 Å². The molecule has 3 rings (SSSR count). The largest absolute Gasteiger partial charge is 0.335 e. The van der Waals surface area contributed by atoms with Crippen LogP contribution in [0.15, 0.2) is 36.7 Å². The summed E-state index contributed by atoms with van der Waals surface area (Å²) in [4.78, 5) is 17.9. The van der Waals surface area contributed by atoms with E-state index in [0.29, 0.717) is 6.04 Å². The first-order chi connectivity index (χ1) is 9.19. The molecule has 0 atom stereocenters. The molecule has 0 bridgehead atoms. The van der Waals surface area contributed by atoms with Gasteiger partial charge in [-0.2, -0.15) is 0 Å². The molecule has 2 aromatic rings. The van der Waals surface area contributed by atoms with Crippen LogP contribution < -0.4 is 0 Å². The molecule has 0 radical (unpaired) electrons. The zero-order valence-corrected chi connectivity index (χ0v) is 11.2. The molecule has 0 spiro atoms. The SMILES string of the molecule is CC=CC(=O)N1CC(n2cnc3cc(C)ccc32)C1. The smallest absolute Gasteiger partial charge is 0.246 e. The maximum atomic E-state index is 11.7. The number of aromatic nitrogens is 2. The summed E-state index contributed by atoms with van der Waals surface area (Å²) in [6.07, 6.45) is 5.28. The molecule has 0 saturated carbocycles. The average Bonchev–Trinajstić information content (AvgIpc) is 2.70. The van der Waals surface area contributed by atoms with Crippen molar-refractivity contribution in [2.75, 3.05) is 13.1 Å². The van der Waals surface area contributed by atoms with E-state index in [2.05, 4.69) is 34.7 Å². The minimum Gasteiger partial charge on any atom is -0.335 e. The summed E-state index contributed by atoms with van der Waals surface area (Å²) in [6.45, 7) is 5.46. The van der Waals surface area contributed by atoms with Crippen LogP contribution in [0.2, 0.25) is 0 Å². The lowest BCUT2D eigenvalue weighted by Gasteiger charge is -2.39. The second kappa shape index (κ2) is 4.53. The molecule has 0 aliphatic carbocycles. The number of imidazole rings is 1. The molecule has 0 unspecified atom stereocenters. The van der Waals surface area contributed by atoms with Gasteiger partial charge in [0, 0.05) is 13.1 Å². The Morgan fingerprint density at radius 1 is 1.42 bits per heavy atom. The summed E-state index contributed by atoms with van der Waals surface area (Å²) in [6, 6.07) is 6.64. The van der Waals surface area contributed by atoms with Crippen molar-refractivity contribution < 1.29 is 4.79 Å². The van der Waals surface area contributed by atoms with Crippen molar-refractivity contribution in [3.05, 3.63) is 42.2 Å². The molecule has 4 nitrogen and oxygen atoms in total. The average molecular weight is 255 g/mol. The lowest BCUT2D eigenvalue weighted by atomic mass is 10.1. The van der Waals surface area contributed by atoms with Gasteiger partial charge in [-0.05, 0) is 37.6 Å². The fourth-order valence-corrected chi connectivity index (χ4v) is 2.49. The lowest BCUT2D eigenvalue weighted by Crippen LogP contribution is -2.50. The number of benzene rings is 1. The van der Waals surface area contributed by atoms with E-state index in [-0.39, 0.29) is 5.91 Å². The fourth-order valence-electron chi connectivity index (χ4n) is 2.49. The number of hydrogen-bond donors (Lipinski definition) is 0. The normalized spacial score (nSPS) is 16.2. The van der Waals surface area contributed by atoms with Gasteiger partial charge in [-0.1, -0.05) is 12.1 Å². The highest BCUT2D eigenvalue weighted by atomic mass is 16.2. The van der Waals surface area contributed by atoms with Crippen molar-refractivity contribution in [1.82, 2.24) is 14.5 Å². The Kier molecular flexibility index (Phi) is 2.85. The van der Waals surface area contributed by atoms with E-state index >= 15 is 0 Å². The number of nitrogens with zero attached hydrogens (tertiary/aromatic N) is 3. The van der Waals surface area contributed by atoms with E-state index in [1.54, 1.807) is 12.2 Å². The molecule has 1 amide bonds. The number of fused-ring (bicyclic) bond motifs is 1. The van der Waals surface area contributed by atoms with Gasteiger partial charge in [-0.25, -0.2) is 4.98 Å². The van der Waals surface area contributed by atoms with E-state index in [1.807, 2.05) is 18.2 Å². The van der Waals surface area contributed by atoms with Crippen molar-refractivity contribution in [3.63, 3.8) is 0 Å². The highest BCUT2D eigenvalue weighted by Crippen LogP contribution is 2.26. The van der Waals surface area contributed by atoms with Crippen LogP contribution >= 0.6 is 0 Å². The molecular formula is C15H17N3O. The molecular weight excluding hydrogens is 238 g/mol. The number of aryl methyl sites for hydroxylation is 1. The third kappa shape index (κ3) is 2.03. The second-order valence-electron chi connectivity index (χ2n) is 5.04. The number of allylic oxidation sites excluding steroid dienone is 1. The van der Waals surface area contributed by atoms with Crippen molar-refractivity contribution in [1.29, 1.82) is 0 Å². The monoisotopic (exact) mass is 255 g/mol. The highest BCUT2D eigenvalue weighted by molar-refractivity contribution is 5.88. The van der Waals surface area contributed by atoms with Crippen LogP contribution in [0.25, 0.3) is 11.0 Å². The van der Waals surface area contributed by atoms with Gasteiger partial charge < -0.3 is 9.47 Å². The molecule has 4 heteroatoms. The summed E-state index contributed by atoms with van der Waals surface area (Å²) >= 11 is 0. The Morgan fingerprint density at radius 2 is 2.21 bits per heavy atom. The Bertz CT molecular complexity index is 650. The van der Waals surface area contributed by atoms with Crippen LogP contribution in [-0.4, -0.2) is 33.4 Å². The van der Waals surface area contributed by atoms with Crippen molar-refractivity contribution >= 4 is 16.9 Å². The first kappa shape index (κ1) is 12.0. The summed E-state index contributed by atoms with van der Waals surface area (Å²) < 4.78 is 2.17. The molecule has 1 fully saturated rings. The number of carbonyl (C=O) groups is 1. The zero-order valence-electron chi connectivity index (χ0n) is 11.2. The third-order valence-electron chi connectivity index (χ3n) is 3.61. The Labute approximate surface area is 112 Å². The number of likely N-dealkylation sites (tertiary alicyclic amines) is 1. The van der Waals surface area contributed by atoms with Crippen LogP contribution in [0.5, 0.6) is 0 Å².